The molecule has 15 heavy (non-hydrogen) atoms. The van der Waals surface area contributed by atoms with Crippen LogP contribution >= 0.6 is 12.2 Å². The first-order valence-electron chi connectivity index (χ1n) is 4.67. The molecule has 3 nitrogen and oxygen atoms in total. The highest BCUT2D eigenvalue weighted by Gasteiger charge is 2.09. The van der Waals surface area contributed by atoms with E-state index in [-0.39, 0.29) is 5.91 Å². The van der Waals surface area contributed by atoms with Gasteiger partial charge in [-0.15, -0.1) is 0 Å². The van der Waals surface area contributed by atoms with Crippen molar-refractivity contribution in [1.82, 2.24) is 4.90 Å². The normalized spacial score (nSPS) is 9.67. The minimum atomic E-state index is -0.0216. The van der Waals surface area contributed by atoms with Gasteiger partial charge in [0, 0.05) is 13.5 Å². The van der Waals surface area contributed by atoms with Crippen LogP contribution in [0.5, 0.6) is 0 Å². The summed E-state index contributed by atoms with van der Waals surface area (Å²) < 4.78 is 0. The zero-order valence-corrected chi connectivity index (χ0v) is 9.46. The second-order valence-electron chi connectivity index (χ2n) is 3.33. The summed E-state index contributed by atoms with van der Waals surface area (Å²) >= 11 is 4.79. The van der Waals surface area contributed by atoms with Gasteiger partial charge in [-0.2, -0.15) is 0 Å². The highest BCUT2D eigenvalue weighted by atomic mass is 32.1. The van der Waals surface area contributed by atoms with E-state index in [1.807, 2.05) is 30.3 Å². The van der Waals surface area contributed by atoms with Crippen molar-refractivity contribution in [2.24, 2.45) is 5.73 Å². The van der Waals surface area contributed by atoms with Gasteiger partial charge in [-0.25, -0.2) is 0 Å². The van der Waals surface area contributed by atoms with Crippen LogP contribution in [0.25, 0.3) is 0 Å². The molecule has 0 aliphatic rings. The average Bonchev–Trinajstić information content (AvgIpc) is 2.17. The first-order valence-corrected chi connectivity index (χ1v) is 5.08. The van der Waals surface area contributed by atoms with Crippen LogP contribution in [0.3, 0.4) is 0 Å². The fraction of sp³-hybridized carbons (Fsp3) is 0.273. The summed E-state index contributed by atoms with van der Waals surface area (Å²) in [4.78, 5) is 13.3. The molecule has 0 aliphatic heterocycles. The second kappa shape index (κ2) is 5.46. The first-order chi connectivity index (χ1) is 7.09. The standard InChI is InChI=1S/C11H14N2OS/c1-9(14)13(8-11(12)15)7-10-5-3-2-4-6-10/h2-6H,7-8H2,1H3,(H2,12,15). The van der Waals surface area contributed by atoms with Gasteiger partial charge in [0.15, 0.2) is 0 Å². The van der Waals surface area contributed by atoms with Crippen molar-refractivity contribution < 1.29 is 4.79 Å². The molecule has 0 aromatic heterocycles. The molecular formula is C11H14N2OS. The van der Waals surface area contributed by atoms with Crippen molar-refractivity contribution in [3.63, 3.8) is 0 Å². The predicted octanol–water partition coefficient (Wildman–Crippen LogP) is 1.32. The number of carbonyl (C=O) groups is 1. The molecule has 0 atom stereocenters. The number of hydrogen-bond donors (Lipinski definition) is 1. The van der Waals surface area contributed by atoms with Crippen LogP contribution in [0, 0.1) is 0 Å². The summed E-state index contributed by atoms with van der Waals surface area (Å²) in [6, 6.07) is 9.75. The largest absolute Gasteiger partial charge is 0.392 e. The monoisotopic (exact) mass is 222 g/mol. The van der Waals surface area contributed by atoms with E-state index < -0.39 is 0 Å². The minimum Gasteiger partial charge on any atom is -0.392 e. The molecule has 0 spiro atoms. The van der Waals surface area contributed by atoms with Gasteiger partial charge in [0.2, 0.25) is 5.91 Å². The molecule has 4 heteroatoms. The summed E-state index contributed by atoms with van der Waals surface area (Å²) in [5, 5.41) is 0. The fourth-order valence-electron chi connectivity index (χ4n) is 1.27. The van der Waals surface area contributed by atoms with Crippen molar-refractivity contribution in [3.8, 4) is 0 Å². The van der Waals surface area contributed by atoms with E-state index in [1.165, 1.54) is 6.92 Å². The Balaban J connectivity index is 2.67. The third kappa shape index (κ3) is 4.08. The average molecular weight is 222 g/mol. The molecule has 0 bridgehead atoms. The molecule has 0 heterocycles. The van der Waals surface area contributed by atoms with Crippen molar-refractivity contribution in [3.05, 3.63) is 35.9 Å². The lowest BCUT2D eigenvalue weighted by atomic mass is 10.2. The second-order valence-corrected chi connectivity index (χ2v) is 3.85. The molecule has 1 aromatic rings. The molecule has 0 radical (unpaired) electrons. The number of carbonyl (C=O) groups excluding carboxylic acids is 1. The molecule has 80 valence electrons. The third-order valence-electron chi connectivity index (χ3n) is 2.01. The van der Waals surface area contributed by atoms with Crippen LogP contribution in [0.2, 0.25) is 0 Å². The van der Waals surface area contributed by atoms with Crippen LogP contribution in [-0.2, 0) is 11.3 Å². The Hall–Kier alpha value is -1.42. The number of nitrogens with zero attached hydrogens (tertiary/aromatic N) is 1. The number of nitrogens with two attached hydrogens (primary N) is 1. The van der Waals surface area contributed by atoms with E-state index in [2.05, 4.69) is 0 Å². The number of thiocarbonyl (C=S) groups is 1. The lowest BCUT2D eigenvalue weighted by Crippen LogP contribution is -2.35. The van der Waals surface area contributed by atoms with Gasteiger partial charge in [0.25, 0.3) is 0 Å². The SMILES string of the molecule is CC(=O)N(CC(N)=S)Cc1ccccc1. The van der Waals surface area contributed by atoms with E-state index in [4.69, 9.17) is 18.0 Å². The molecule has 1 amide bonds. The Labute approximate surface area is 94.9 Å². The summed E-state index contributed by atoms with van der Waals surface area (Å²) in [6.45, 7) is 2.40. The van der Waals surface area contributed by atoms with Crippen LogP contribution in [0.4, 0.5) is 0 Å². The van der Waals surface area contributed by atoms with E-state index >= 15 is 0 Å². The zero-order chi connectivity index (χ0) is 11.3. The Kier molecular flexibility index (Phi) is 4.24. The first kappa shape index (κ1) is 11.7. The Bertz CT molecular complexity index is 351. The van der Waals surface area contributed by atoms with Gasteiger partial charge in [0.05, 0.1) is 11.5 Å². The smallest absolute Gasteiger partial charge is 0.220 e. The van der Waals surface area contributed by atoms with Gasteiger partial charge < -0.3 is 10.6 Å². The number of benzene rings is 1. The van der Waals surface area contributed by atoms with Crippen LogP contribution in [0.1, 0.15) is 12.5 Å². The van der Waals surface area contributed by atoms with Gasteiger partial charge in [0.1, 0.15) is 0 Å². The van der Waals surface area contributed by atoms with Gasteiger partial charge in [-0.1, -0.05) is 42.5 Å². The minimum absolute atomic E-state index is 0.0216. The number of hydrogen-bond acceptors (Lipinski definition) is 2. The summed E-state index contributed by atoms with van der Waals surface area (Å²) in [5.74, 6) is -0.0216. The maximum Gasteiger partial charge on any atom is 0.220 e. The highest BCUT2D eigenvalue weighted by molar-refractivity contribution is 7.80. The van der Waals surface area contributed by atoms with Crippen molar-refractivity contribution in [1.29, 1.82) is 0 Å². The molecule has 0 saturated carbocycles. The fourth-order valence-corrected chi connectivity index (χ4v) is 1.43. The molecule has 0 fully saturated rings. The van der Waals surface area contributed by atoms with Crippen LogP contribution in [-0.4, -0.2) is 22.3 Å². The maximum atomic E-state index is 11.3. The molecule has 2 N–H and O–H groups in total. The molecule has 0 aliphatic carbocycles. The van der Waals surface area contributed by atoms with E-state index in [0.29, 0.717) is 18.1 Å². The Morgan fingerprint density at radius 3 is 2.47 bits per heavy atom. The van der Waals surface area contributed by atoms with E-state index in [9.17, 15) is 4.79 Å². The van der Waals surface area contributed by atoms with Crippen molar-refractivity contribution in [2.75, 3.05) is 6.54 Å². The van der Waals surface area contributed by atoms with E-state index in [1.54, 1.807) is 4.90 Å². The van der Waals surface area contributed by atoms with Gasteiger partial charge >= 0.3 is 0 Å². The topological polar surface area (TPSA) is 46.3 Å². The lowest BCUT2D eigenvalue weighted by molar-refractivity contribution is -0.128. The molecular weight excluding hydrogens is 208 g/mol. The Morgan fingerprint density at radius 2 is 2.00 bits per heavy atom. The van der Waals surface area contributed by atoms with Crippen molar-refractivity contribution >= 4 is 23.1 Å². The van der Waals surface area contributed by atoms with Gasteiger partial charge in [-0.3, -0.25) is 4.79 Å². The number of rotatable bonds is 4. The Morgan fingerprint density at radius 1 is 1.40 bits per heavy atom. The van der Waals surface area contributed by atoms with Crippen LogP contribution < -0.4 is 5.73 Å². The van der Waals surface area contributed by atoms with Crippen LogP contribution in [0.15, 0.2) is 30.3 Å². The third-order valence-corrected chi connectivity index (χ3v) is 2.14. The number of amides is 1. The quantitative estimate of drug-likeness (QED) is 0.782. The van der Waals surface area contributed by atoms with Crippen molar-refractivity contribution in [2.45, 2.75) is 13.5 Å². The summed E-state index contributed by atoms with van der Waals surface area (Å²) in [6.07, 6.45) is 0. The molecule has 0 unspecified atom stereocenters. The van der Waals surface area contributed by atoms with Gasteiger partial charge in [-0.05, 0) is 5.56 Å². The summed E-state index contributed by atoms with van der Waals surface area (Å²) in [7, 11) is 0. The summed E-state index contributed by atoms with van der Waals surface area (Å²) in [5.41, 5.74) is 6.50. The molecule has 1 aromatic carbocycles. The zero-order valence-electron chi connectivity index (χ0n) is 8.64. The predicted molar refractivity (Wildman–Crippen MR) is 64.3 cm³/mol. The van der Waals surface area contributed by atoms with E-state index in [0.717, 1.165) is 5.56 Å². The molecule has 0 saturated heterocycles. The maximum absolute atomic E-state index is 11.3. The molecule has 1 rings (SSSR count). The highest BCUT2D eigenvalue weighted by Crippen LogP contribution is 2.04. The lowest BCUT2D eigenvalue weighted by Gasteiger charge is -2.20.